The second kappa shape index (κ2) is 9.68. The Balaban J connectivity index is 1.51. The molecule has 3 heterocycles. The van der Waals surface area contributed by atoms with E-state index in [0.29, 0.717) is 41.1 Å². The third kappa shape index (κ3) is 4.88. The molecule has 178 valence electrons. The van der Waals surface area contributed by atoms with Crippen LogP contribution < -0.4 is 10.2 Å². The second-order valence-electron chi connectivity index (χ2n) is 8.56. The predicted octanol–water partition coefficient (Wildman–Crippen LogP) is 4.42. The van der Waals surface area contributed by atoms with Crippen LogP contribution in [0.15, 0.2) is 65.8 Å². The fourth-order valence-electron chi connectivity index (χ4n) is 4.31. The van der Waals surface area contributed by atoms with E-state index in [4.69, 9.17) is 28.2 Å². The number of aliphatic imine (C=N–C) groups is 1. The molecule has 2 aromatic carbocycles. The summed E-state index contributed by atoms with van der Waals surface area (Å²) in [4.78, 5) is 38.2. The van der Waals surface area contributed by atoms with Gasteiger partial charge in [-0.05, 0) is 42.0 Å². The molecule has 0 bridgehead atoms. The number of hydrogen-bond acceptors (Lipinski definition) is 5. The number of nitrogens with one attached hydrogen (secondary N) is 1. The molecule has 1 atom stereocenters. The average Bonchev–Trinajstić information content (AvgIpc) is 3.30. The molecule has 0 saturated carbocycles. The van der Waals surface area contributed by atoms with Gasteiger partial charge in [-0.1, -0.05) is 41.4 Å². The van der Waals surface area contributed by atoms with Gasteiger partial charge in [0.05, 0.1) is 18.1 Å². The minimum absolute atomic E-state index is 0.0483. The van der Waals surface area contributed by atoms with E-state index in [1.165, 1.54) is 0 Å². The van der Waals surface area contributed by atoms with E-state index in [2.05, 4.69) is 15.2 Å². The molecule has 9 heteroatoms. The number of halogens is 2. The van der Waals surface area contributed by atoms with E-state index in [0.717, 1.165) is 29.1 Å². The van der Waals surface area contributed by atoms with Crippen LogP contribution in [0.2, 0.25) is 10.0 Å². The summed E-state index contributed by atoms with van der Waals surface area (Å²) in [7, 11) is 0. The standard InChI is InChI=1S/C26H23Cl2N5O2/c1-16(34)32-10-11-33(15-32)24-9-6-18(14-29-24)25-20-13-19(27)7-8-22(20)31-26(35)23(30-25)12-17-4-2-3-5-21(17)28/h2-9,13-14,23H,10-12,15H2,1H3,(H,31,35). The predicted molar refractivity (Wildman–Crippen MR) is 139 cm³/mol. The third-order valence-corrected chi connectivity index (χ3v) is 6.83. The largest absolute Gasteiger partial charge is 0.337 e. The molecule has 5 rings (SSSR count). The maximum atomic E-state index is 13.1. The van der Waals surface area contributed by atoms with Crippen molar-refractivity contribution in [3.05, 3.63) is 87.5 Å². The maximum absolute atomic E-state index is 13.1. The highest BCUT2D eigenvalue weighted by atomic mass is 35.5. The van der Waals surface area contributed by atoms with E-state index in [1.54, 1.807) is 42.3 Å². The average molecular weight is 508 g/mol. The summed E-state index contributed by atoms with van der Waals surface area (Å²) >= 11 is 12.7. The van der Waals surface area contributed by atoms with Crippen LogP contribution >= 0.6 is 23.2 Å². The molecule has 0 spiro atoms. The molecule has 1 N–H and O–H groups in total. The van der Waals surface area contributed by atoms with E-state index in [9.17, 15) is 9.59 Å². The van der Waals surface area contributed by atoms with Crippen LogP contribution in [-0.4, -0.2) is 53.2 Å². The second-order valence-corrected chi connectivity index (χ2v) is 9.40. The first-order chi connectivity index (χ1) is 16.9. The van der Waals surface area contributed by atoms with Crippen LogP contribution in [0.25, 0.3) is 0 Å². The van der Waals surface area contributed by atoms with Gasteiger partial charge in [0, 0.05) is 53.8 Å². The molecule has 2 amide bonds. The summed E-state index contributed by atoms with van der Waals surface area (Å²) in [5, 5.41) is 4.13. The molecule has 2 aliphatic heterocycles. The molecule has 0 aliphatic carbocycles. The summed E-state index contributed by atoms with van der Waals surface area (Å²) in [6.45, 7) is 3.49. The Bertz CT molecular complexity index is 1330. The number of pyridine rings is 1. The fourth-order valence-corrected chi connectivity index (χ4v) is 4.69. The van der Waals surface area contributed by atoms with Gasteiger partial charge in [-0.2, -0.15) is 0 Å². The van der Waals surface area contributed by atoms with Crippen LogP contribution in [0, 0.1) is 0 Å². The first-order valence-electron chi connectivity index (χ1n) is 11.3. The molecule has 1 fully saturated rings. The molecular formula is C26H23Cl2N5O2. The Labute approximate surface area is 213 Å². The fraction of sp³-hybridized carbons (Fsp3) is 0.231. The first kappa shape index (κ1) is 23.3. The lowest BCUT2D eigenvalue weighted by molar-refractivity contribution is -0.127. The Morgan fingerprint density at radius 1 is 1.11 bits per heavy atom. The zero-order chi connectivity index (χ0) is 24.5. The van der Waals surface area contributed by atoms with E-state index >= 15 is 0 Å². The number of amides is 2. The van der Waals surface area contributed by atoms with E-state index < -0.39 is 6.04 Å². The summed E-state index contributed by atoms with van der Waals surface area (Å²) in [5.41, 5.74) is 3.61. The molecule has 7 nitrogen and oxygen atoms in total. The number of rotatable bonds is 4. The lowest BCUT2D eigenvalue weighted by Gasteiger charge is -2.18. The number of benzodiazepines with no additional fused rings is 1. The number of fused-ring (bicyclic) bond motifs is 1. The van der Waals surface area contributed by atoms with Crippen molar-refractivity contribution in [1.82, 2.24) is 9.88 Å². The van der Waals surface area contributed by atoms with Gasteiger partial charge >= 0.3 is 0 Å². The number of benzene rings is 2. The van der Waals surface area contributed by atoms with Crippen molar-refractivity contribution < 1.29 is 9.59 Å². The van der Waals surface area contributed by atoms with Crippen molar-refractivity contribution >= 4 is 52.2 Å². The van der Waals surface area contributed by atoms with Crippen LogP contribution in [0.1, 0.15) is 23.6 Å². The van der Waals surface area contributed by atoms with Crippen molar-refractivity contribution in [2.75, 3.05) is 30.0 Å². The highest BCUT2D eigenvalue weighted by Gasteiger charge is 2.28. The third-order valence-electron chi connectivity index (χ3n) is 6.23. The van der Waals surface area contributed by atoms with Gasteiger partial charge in [0.1, 0.15) is 11.9 Å². The van der Waals surface area contributed by atoms with Gasteiger partial charge in [-0.15, -0.1) is 0 Å². The van der Waals surface area contributed by atoms with Crippen LogP contribution in [-0.2, 0) is 16.0 Å². The topological polar surface area (TPSA) is 77.9 Å². The quantitative estimate of drug-likeness (QED) is 0.567. The number of nitrogens with zero attached hydrogens (tertiary/aromatic N) is 4. The lowest BCUT2D eigenvalue weighted by atomic mass is 10.0. The first-order valence-corrected chi connectivity index (χ1v) is 12.0. The molecule has 35 heavy (non-hydrogen) atoms. The van der Waals surface area contributed by atoms with Crippen LogP contribution in [0.3, 0.4) is 0 Å². The molecule has 3 aromatic rings. The number of hydrogen-bond donors (Lipinski definition) is 1. The zero-order valence-electron chi connectivity index (χ0n) is 19.0. The van der Waals surface area contributed by atoms with E-state index in [-0.39, 0.29) is 11.8 Å². The van der Waals surface area contributed by atoms with Crippen molar-refractivity contribution in [2.24, 2.45) is 4.99 Å². The molecule has 2 aliphatic rings. The Morgan fingerprint density at radius 3 is 2.66 bits per heavy atom. The Hall–Kier alpha value is -3.42. The zero-order valence-corrected chi connectivity index (χ0v) is 20.6. The maximum Gasteiger partial charge on any atom is 0.249 e. The van der Waals surface area contributed by atoms with Gasteiger partial charge in [-0.25, -0.2) is 4.98 Å². The smallest absolute Gasteiger partial charge is 0.249 e. The normalized spacial score (nSPS) is 17.5. The van der Waals surface area contributed by atoms with Gasteiger partial charge in [0.25, 0.3) is 0 Å². The van der Waals surface area contributed by atoms with Crippen molar-refractivity contribution in [3.8, 4) is 0 Å². The summed E-state index contributed by atoms with van der Waals surface area (Å²) in [6.07, 6.45) is 2.11. The highest BCUT2D eigenvalue weighted by molar-refractivity contribution is 6.32. The summed E-state index contributed by atoms with van der Waals surface area (Å²) in [5.74, 6) is 0.612. The highest BCUT2D eigenvalue weighted by Crippen LogP contribution is 2.29. The van der Waals surface area contributed by atoms with Gasteiger partial charge in [0.15, 0.2) is 0 Å². The van der Waals surface area contributed by atoms with Crippen molar-refractivity contribution in [3.63, 3.8) is 0 Å². The van der Waals surface area contributed by atoms with Crippen LogP contribution in [0.5, 0.6) is 0 Å². The monoisotopic (exact) mass is 507 g/mol. The molecule has 0 radical (unpaired) electrons. The summed E-state index contributed by atoms with van der Waals surface area (Å²) < 4.78 is 0. The molecule has 1 aromatic heterocycles. The molecule has 1 unspecified atom stereocenters. The Kier molecular flexibility index (Phi) is 6.45. The number of anilines is 2. The molecular weight excluding hydrogens is 485 g/mol. The number of aromatic nitrogens is 1. The molecule has 1 saturated heterocycles. The van der Waals surface area contributed by atoms with E-state index in [1.807, 2.05) is 30.3 Å². The minimum Gasteiger partial charge on any atom is -0.337 e. The van der Waals surface area contributed by atoms with Crippen LogP contribution in [0.4, 0.5) is 11.5 Å². The van der Waals surface area contributed by atoms with Crippen molar-refractivity contribution in [1.29, 1.82) is 0 Å². The van der Waals surface area contributed by atoms with Gasteiger partial charge < -0.3 is 15.1 Å². The number of carbonyl (C=O) groups excluding carboxylic acids is 2. The Morgan fingerprint density at radius 2 is 1.94 bits per heavy atom. The summed E-state index contributed by atoms with van der Waals surface area (Å²) in [6, 6.07) is 15.9. The SMILES string of the molecule is CC(=O)N1CCN(c2ccc(C3=NC(Cc4ccccc4Cl)C(=O)Nc4ccc(Cl)cc43)cn2)C1. The van der Waals surface area contributed by atoms with Crippen molar-refractivity contribution in [2.45, 2.75) is 19.4 Å². The lowest BCUT2D eigenvalue weighted by Crippen LogP contribution is -2.29. The number of carbonyl (C=O) groups is 2. The van der Waals surface area contributed by atoms with Gasteiger partial charge in [-0.3, -0.25) is 14.6 Å². The van der Waals surface area contributed by atoms with Gasteiger partial charge in [0.2, 0.25) is 11.8 Å². The minimum atomic E-state index is -0.682.